The molecule has 0 amide bonds. The van der Waals surface area contributed by atoms with Gasteiger partial charge in [-0.15, -0.1) is 0 Å². The van der Waals surface area contributed by atoms with Gasteiger partial charge in [0, 0.05) is 6.54 Å². The summed E-state index contributed by atoms with van der Waals surface area (Å²) in [7, 11) is 0. The Morgan fingerprint density at radius 3 is 1.77 bits per heavy atom. The SMILES string of the molecule is CCCCC(CC)CN1C(O)C(C)(N)C(O)(O)C(O)(CC(CC)CCCC)C1(O)O. The van der Waals surface area contributed by atoms with E-state index in [-0.39, 0.29) is 24.8 Å². The second kappa shape index (κ2) is 10.5. The van der Waals surface area contributed by atoms with Gasteiger partial charge in [0.05, 0.1) is 0 Å². The lowest BCUT2D eigenvalue weighted by Crippen LogP contribution is -2.90. The maximum atomic E-state index is 11.5. The third-order valence-electron chi connectivity index (χ3n) is 7.24. The van der Waals surface area contributed by atoms with Gasteiger partial charge in [0.1, 0.15) is 11.8 Å². The maximum Gasteiger partial charge on any atom is 0.263 e. The van der Waals surface area contributed by atoms with Crippen LogP contribution in [0, 0.1) is 11.8 Å². The quantitative estimate of drug-likeness (QED) is 0.226. The Morgan fingerprint density at radius 1 is 0.867 bits per heavy atom. The minimum Gasteiger partial charge on any atom is -0.378 e. The van der Waals surface area contributed by atoms with Gasteiger partial charge in [-0.25, -0.2) is 4.90 Å². The Morgan fingerprint density at radius 2 is 1.33 bits per heavy atom. The third kappa shape index (κ3) is 4.86. The minimum atomic E-state index is -3.13. The van der Waals surface area contributed by atoms with Crippen LogP contribution in [0.4, 0.5) is 0 Å². The van der Waals surface area contributed by atoms with E-state index in [2.05, 4.69) is 6.92 Å². The average Bonchev–Trinajstić information content (AvgIpc) is 2.69. The van der Waals surface area contributed by atoms with E-state index in [0.717, 1.165) is 43.4 Å². The summed E-state index contributed by atoms with van der Waals surface area (Å²) in [5.41, 5.74) is 1.25. The van der Waals surface area contributed by atoms with Crippen molar-refractivity contribution in [2.24, 2.45) is 17.6 Å². The summed E-state index contributed by atoms with van der Waals surface area (Å²) in [6.45, 7) is 9.25. The third-order valence-corrected chi connectivity index (χ3v) is 7.24. The van der Waals surface area contributed by atoms with Gasteiger partial charge in [0.15, 0.2) is 5.60 Å². The first-order valence-corrected chi connectivity index (χ1v) is 11.6. The molecule has 0 aromatic heterocycles. The van der Waals surface area contributed by atoms with Gasteiger partial charge in [0.25, 0.3) is 5.91 Å². The van der Waals surface area contributed by atoms with Crippen molar-refractivity contribution in [3.63, 3.8) is 0 Å². The number of nitrogens with two attached hydrogens (primary N) is 1. The summed E-state index contributed by atoms with van der Waals surface area (Å²) in [5, 5.41) is 66.4. The molecule has 1 aliphatic rings. The van der Waals surface area contributed by atoms with E-state index in [1.165, 1.54) is 6.92 Å². The molecule has 5 atom stereocenters. The van der Waals surface area contributed by atoms with Crippen molar-refractivity contribution in [1.29, 1.82) is 0 Å². The summed E-state index contributed by atoms with van der Waals surface area (Å²) in [5.74, 6) is -6.37. The van der Waals surface area contributed by atoms with Crippen molar-refractivity contribution in [2.75, 3.05) is 6.54 Å². The zero-order valence-corrected chi connectivity index (χ0v) is 19.5. The zero-order chi connectivity index (χ0) is 23.4. The smallest absolute Gasteiger partial charge is 0.263 e. The molecular weight excluding hydrogens is 388 g/mol. The molecule has 0 aromatic rings. The fraction of sp³-hybridized carbons (Fsp3) is 1.00. The topological polar surface area (TPSA) is 151 Å². The van der Waals surface area contributed by atoms with Gasteiger partial charge in [-0.05, 0) is 31.6 Å². The number of piperidine rings is 1. The van der Waals surface area contributed by atoms with E-state index < -0.39 is 29.1 Å². The predicted octanol–water partition coefficient (Wildman–Crippen LogP) is 1.21. The van der Waals surface area contributed by atoms with Crippen molar-refractivity contribution in [3.8, 4) is 0 Å². The van der Waals surface area contributed by atoms with Crippen molar-refractivity contribution < 1.29 is 30.6 Å². The molecular formula is C22H46N2O6. The lowest BCUT2D eigenvalue weighted by atomic mass is 9.66. The molecule has 1 heterocycles. The number of unbranched alkanes of at least 4 members (excludes halogenated alkanes) is 2. The molecule has 0 aromatic carbocycles. The van der Waals surface area contributed by atoms with Crippen LogP contribution in [0.5, 0.6) is 0 Å². The first-order valence-electron chi connectivity index (χ1n) is 11.6. The van der Waals surface area contributed by atoms with E-state index in [4.69, 9.17) is 5.73 Å². The van der Waals surface area contributed by atoms with Crippen LogP contribution >= 0.6 is 0 Å². The number of nitrogens with zero attached hydrogens (tertiary/aromatic N) is 1. The maximum absolute atomic E-state index is 11.5. The zero-order valence-electron chi connectivity index (χ0n) is 19.5. The first-order chi connectivity index (χ1) is 13.8. The second-order valence-electron chi connectivity index (χ2n) is 9.51. The Labute approximate surface area is 181 Å². The summed E-state index contributed by atoms with van der Waals surface area (Å²) in [4.78, 5) is 0.939. The molecule has 8 N–H and O–H groups in total. The van der Waals surface area contributed by atoms with Crippen molar-refractivity contribution in [2.45, 2.75) is 121 Å². The van der Waals surface area contributed by atoms with Crippen molar-refractivity contribution in [1.82, 2.24) is 4.90 Å². The number of hydrogen-bond donors (Lipinski definition) is 7. The highest BCUT2D eigenvalue weighted by Crippen LogP contribution is 2.50. The van der Waals surface area contributed by atoms with E-state index in [1.54, 1.807) is 0 Å². The Kier molecular flexibility index (Phi) is 9.73. The monoisotopic (exact) mass is 434 g/mol. The fourth-order valence-electron chi connectivity index (χ4n) is 4.65. The van der Waals surface area contributed by atoms with Crippen LogP contribution in [-0.4, -0.2) is 71.1 Å². The second-order valence-corrected chi connectivity index (χ2v) is 9.51. The highest BCUT2D eigenvalue weighted by Gasteiger charge is 2.76. The lowest BCUT2D eigenvalue weighted by Gasteiger charge is -2.63. The summed E-state index contributed by atoms with van der Waals surface area (Å²) < 4.78 is 0. The number of aliphatic hydroxyl groups excluding tert-OH is 1. The van der Waals surface area contributed by atoms with Crippen LogP contribution in [0.3, 0.4) is 0 Å². The molecule has 30 heavy (non-hydrogen) atoms. The fourth-order valence-corrected chi connectivity index (χ4v) is 4.65. The molecule has 1 aliphatic heterocycles. The van der Waals surface area contributed by atoms with Gasteiger partial charge in [-0.3, -0.25) is 0 Å². The Bertz CT molecular complexity index is 528. The van der Waals surface area contributed by atoms with Crippen LogP contribution < -0.4 is 5.73 Å². The molecule has 0 spiro atoms. The Hall–Kier alpha value is -0.320. The van der Waals surface area contributed by atoms with Crippen LogP contribution in [-0.2, 0) is 0 Å². The molecule has 5 unspecified atom stereocenters. The molecule has 0 radical (unpaired) electrons. The van der Waals surface area contributed by atoms with Gasteiger partial charge in [-0.1, -0.05) is 72.6 Å². The van der Waals surface area contributed by atoms with Gasteiger partial charge >= 0.3 is 0 Å². The number of aliphatic hydroxyl groups is 6. The summed E-state index contributed by atoms with van der Waals surface area (Å²) >= 11 is 0. The number of likely N-dealkylation sites (tertiary alicyclic amines) is 1. The molecule has 0 saturated carbocycles. The minimum absolute atomic E-state index is 0.0188. The van der Waals surface area contributed by atoms with E-state index in [0.29, 0.717) is 12.8 Å². The molecule has 8 nitrogen and oxygen atoms in total. The Balaban J connectivity index is 3.39. The van der Waals surface area contributed by atoms with Gasteiger partial charge < -0.3 is 36.4 Å². The average molecular weight is 435 g/mol. The summed E-state index contributed by atoms with van der Waals surface area (Å²) in [6, 6.07) is 0. The standard InChI is InChI=1S/C22H46N2O6/c1-6-10-12-16(8-3)14-20(26)21(27,28)19(5,23)18(25)24(22(20,29)30)15-17(9-4)13-11-7-2/h16-18,25-30H,6-15,23H2,1-5H3. The first kappa shape index (κ1) is 27.7. The molecule has 180 valence electrons. The number of rotatable bonds is 12. The molecule has 1 saturated heterocycles. The molecule has 8 heteroatoms. The number of hydrogen-bond acceptors (Lipinski definition) is 8. The molecule has 0 aliphatic carbocycles. The largest absolute Gasteiger partial charge is 0.378 e. The van der Waals surface area contributed by atoms with Crippen LogP contribution in [0.1, 0.15) is 92.4 Å². The highest BCUT2D eigenvalue weighted by molar-refractivity contribution is 5.18. The normalized spacial score (nSPS) is 33.4. The highest BCUT2D eigenvalue weighted by atomic mass is 16.6. The van der Waals surface area contributed by atoms with Crippen LogP contribution in [0.25, 0.3) is 0 Å². The van der Waals surface area contributed by atoms with Crippen molar-refractivity contribution in [3.05, 3.63) is 0 Å². The predicted molar refractivity (Wildman–Crippen MR) is 116 cm³/mol. The van der Waals surface area contributed by atoms with E-state index >= 15 is 0 Å². The van der Waals surface area contributed by atoms with Crippen molar-refractivity contribution >= 4 is 0 Å². The molecule has 1 fully saturated rings. The summed E-state index contributed by atoms with van der Waals surface area (Å²) in [6.07, 6.45) is 4.51. The van der Waals surface area contributed by atoms with Crippen LogP contribution in [0.15, 0.2) is 0 Å². The van der Waals surface area contributed by atoms with Gasteiger partial charge in [-0.2, -0.15) is 0 Å². The molecule has 1 rings (SSSR count). The van der Waals surface area contributed by atoms with Crippen LogP contribution in [0.2, 0.25) is 0 Å². The van der Waals surface area contributed by atoms with E-state index in [1.807, 2.05) is 20.8 Å². The van der Waals surface area contributed by atoms with E-state index in [9.17, 15) is 30.6 Å². The lowest BCUT2D eigenvalue weighted by molar-refractivity contribution is -0.486. The molecule has 0 bridgehead atoms. The van der Waals surface area contributed by atoms with Gasteiger partial charge in [0.2, 0.25) is 5.79 Å².